The molecule has 3 heteroatoms. The highest BCUT2D eigenvalue weighted by Gasteiger charge is 2.00. The molecule has 0 fully saturated rings. The molecule has 0 unspecified atom stereocenters. The summed E-state index contributed by atoms with van der Waals surface area (Å²) < 4.78 is 2.04. The summed E-state index contributed by atoms with van der Waals surface area (Å²) in [6.45, 7) is 6.18. The second-order valence-electron chi connectivity index (χ2n) is 5.00. The Morgan fingerprint density at radius 2 is 1.89 bits per heavy atom. The molecule has 0 radical (unpaired) electrons. The van der Waals surface area contributed by atoms with Crippen molar-refractivity contribution >= 4 is 0 Å². The van der Waals surface area contributed by atoms with E-state index in [1.54, 1.807) is 0 Å². The number of rotatable bonds is 5. The fraction of sp³-hybridized carbons (Fsp3) is 0.400. The van der Waals surface area contributed by atoms with Gasteiger partial charge in [-0.2, -0.15) is 0 Å². The van der Waals surface area contributed by atoms with E-state index in [0.717, 1.165) is 13.1 Å². The van der Waals surface area contributed by atoms with Crippen LogP contribution in [-0.4, -0.2) is 9.55 Å². The van der Waals surface area contributed by atoms with Crippen LogP contribution in [0.5, 0.6) is 0 Å². The number of nitrogens with zero attached hydrogens (tertiary/aromatic N) is 2. The molecule has 0 aliphatic rings. The molecule has 0 bridgehead atoms. The van der Waals surface area contributed by atoms with Crippen LogP contribution in [0.1, 0.15) is 36.6 Å². The Hall–Kier alpha value is -1.61. The van der Waals surface area contributed by atoms with E-state index in [2.05, 4.69) is 48.4 Å². The monoisotopic (exact) mass is 243 g/mol. The molecule has 0 aliphatic heterocycles. The Morgan fingerprint density at radius 1 is 1.17 bits per heavy atom. The first kappa shape index (κ1) is 12.8. The first-order chi connectivity index (χ1) is 8.66. The number of nitrogens with one attached hydrogen (secondary N) is 1. The summed E-state index contributed by atoms with van der Waals surface area (Å²) in [7, 11) is 2.02. The zero-order valence-electron chi connectivity index (χ0n) is 11.4. The molecule has 1 heterocycles. The first-order valence-electron chi connectivity index (χ1n) is 6.41. The van der Waals surface area contributed by atoms with Crippen molar-refractivity contribution in [1.82, 2.24) is 14.9 Å². The Kier molecular flexibility index (Phi) is 4.15. The van der Waals surface area contributed by atoms with E-state index < -0.39 is 0 Å². The van der Waals surface area contributed by atoms with E-state index in [9.17, 15) is 0 Å². The maximum absolute atomic E-state index is 4.10. The summed E-state index contributed by atoms with van der Waals surface area (Å²) in [4.78, 5) is 4.10. The van der Waals surface area contributed by atoms with Crippen molar-refractivity contribution in [3.63, 3.8) is 0 Å². The minimum Gasteiger partial charge on any atom is -0.337 e. The van der Waals surface area contributed by atoms with Crippen LogP contribution in [0.4, 0.5) is 0 Å². The van der Waals surface area contributed by atoms with Crippen LogP contribution in [-0.2, 0) is 20.1 Å². The maximum atomic E-state index is 4.10. The molecule has 0 atom stereocenters. The van der Waals surface area contributed by atoms with Crippen LogP contribution in [0.15, 0.2) is 36.8 Å². The maximum Gasteiger partial charge on any atom is 0.0945 e. The van der Waals surface area contributed by atoms with Crippen molar-refractivity contribution in [2.75, 3.05) is 0 Å². The van der Waals surface area contributed by atoms with E-state index >= 15 is 0 Å². The molecule has 1 aromatic heterocycles. The molecular weight excluding hydrogens is 222 g/mol. The summed E-state index contributed by atoms with van der Waals surface area (Å²) in [5, 5.41) is 3.43. The van der Waals surface area contributed by atoms with E-state index in [1.807, 2.05) is 24.1 Å². The molecule has 0 saturated carbocycles. The van der Waals surface area contributed by atoms with Gasteiger partial charge < -0.3 is 9.88 Å². The zero-order chi connectivity index (χ0) is 13.0. The highest BCUT2D eigenvalue weighted by atomic mass is 15.0. The highest BCUT2D eigenvalue weighted by Crippen LogP contribution is 2.14. The number of aromatic nitrogens is 2. The number of imidazole rings is 1. The highest BCUT2D eigenvalue weighted by molar-refractivity contribution is 5.24. The van der Waals surface area contributed by atoms with Crippen LogP contribution in [0.3, 0.4) is 0 Å². The fourth-order valence-electron chi connectivity index (χ4n) is 1.91. The third-order valence-corrected chi connectivity index (χ3v) is 3.20. The van der Waals surface area contributed by atoms with Gasteiger partial charge in [-0.15, -0.1) is 0 Å². The molecule has 2 aromatic rings. The van der Waals surface area contributed by atoms with Gasteiger partial charge in [0.1, 0.15) is 0 Å². The number of hydrogen-bond donors (Lipinski definition) is 1. The molecule has 1 N–H and O–H groups in total. The van der Waals surface area contributed by atoms with Crippen molar-refractivity contribution in [3.8, 4) is 0 Å². The molecular formula is C15H21N3. The lowest BCUT2D eigenvalue weighted by atomic mass is 10.0. The quantitative estimate of drug-likeness (QED) is 0.875. The summed E-state index contributed by atoms with van der Waals surface area (Å²) in [5.41, 5.74) is 3.92. The fourth-order valence-corrected chi connectivity index (χ4v) is 1.91. The Morgan fingerprint density at radius 3 is 2.44 bits per heavy atom. The van der Waals surface area contributed by atoms with Gasteiger partial charge in [-0.25, -0.2) is 4.98 Å². The van der Waals surface area contributed by atoms with E-state index in [0.29, 0.717) is 5.92 Å². The molecule has 1 aromatic carbocycles. The summed E-state index contributed by atoms with van der Waals surface area (Å²) in [5.74, 6) is 0.599. The van der Waals surface area contributed by atoms with Gasteiger partial charge in [-0.3, -0.25) is 0 Å². The average molecular weight is 243 g/mol. The second-order valence-corrected chi connectivity index (χ2v) is 5.00. The minimum atomic E-state index is 0.599. The zero-order valence-corrected chi connectivity index (χ0v) is 11.4. The molecule has 96 valence electrons. The van der Waals surface area contributed by atoms with Crippen LogP contribution in [0.2, 0.25) is 0 Å². The lowest BCUT2D eigenvalue weighted by Gasteiger charge is -2.08. The minimum absolute atomic E-state index is 0.599. The summed E-state index contributed by atoms with van der Waals surface area (Å²) >= 11 is 0. The largest absolute Gasteiger partial charge is 0.337 e. The normalized spacial score (nSPS) is 11.1. The lowest BCUT2D eigenvalue weighted by Crippen LogP contribution is -2.14. The predicted octanol–water partition coefficient (Wildman–Crippen LogP) is 2.83. The van der Waals surface area contributed by atoms with Crippen molar-refractivity contribution in [3.05, 3.63) is 53.6 Å². The second kappa shape index (κ2) is 5.83. The molecule has 0 aliphatic carbocycles. The number of aryl methyl sites for hydroxylation is 1. The van der Waals surface area contributed by atoms with Gasteiger partial charge in [-0.05, 0) is 17.0 Å². The molecule has 3 nitrogen and oxygen atoms in total. The topological polar surface area (TPSA) is 29.9 Å². The van der Waals surface area contributed by atoms with Gasteiger partial charge in [0.25, 0.3) is 0 Å². The molecule has 0 amide bonds. The van der Waals surface area contributed by atoms with Gasteiger partial charge in [0, 0.05) is 26.3 Å². The Labute approximate surface area is 109 Å². The Balaban J connectivity index is 1.85. The van der Waals surface area contributed by atoms with E-state index in [-0.39, 0.29) is 0 Å². The SMILES string of the molecule is CC(C)c1ccc(CNCc2cncn2C)cc1. The van der Waals surface area contributed by atoms with Gasteiger partial charge in [-0.1, -0.05) is 38.1 Å². The number of benzene rings is 1. The van der Waals surface area contributed by atoms with Crippen LogP contribution >= 0.6 is 0 Å². The Bertz CT molecular complexity index is 483. The predicted molar refractivity (Wildman–Crippen MR) is 74.3 cm³/mol. The summed E-state index contributed by atoms with van der Waals surface area (Å²) in [6, 6.07) is 8.83. The van der Waals surface area contributed by atoms with Gasteiger partial charge >= 0.3 is 0 Å². The van der Waals surface area contributed by atoms with Gasteiger partial charge in [0.2, 0.25) is 0 Å². The third kappa shape index (κ3) is 3.20. The lowest BCUT2D eigenvalue weighted by molar-refractivity contribution is 0.655. The standard InChI is InChI=1S/C15H21N3/c1-12(2)14-6-4-13(5-7-14)8-16-9-15-10-17-11-18(15)3/h4-7,10-12,16H,8-9H2,1-3H3. The van der Waals surface area contributed by atoms with Gasteiger partial charge in [0.05, 0.1) is 12.0 Å². The summed E-state index contributed by atoms with van der Waals surface area (Å²) in [6.07, 6.45) is 3.73. The van der Waals surface area contributed by atoms with E-state index in [4.69, 9.17) is 0 Å². The molecule has 0 saturated heterocycles. The average Bonchev–Trinajstić information content (AvgIpc) is 2.76. The molecule has 2 rings (SSSR count). The van der Waals surface area contributed by atoms with Crippen molar-refractivity contribution in [1.29, 1.82) is 0 Å². The first-order valence-corrected chi connectivity index (χ1v) is 6.41. The van der Waals surface area contributed by atoms with Crippen molar-refractivity contribution in [2.24, 2.45) is 7.05 Å². The third-order valence-electron chi connectivity index (χ3n) is 3.20. The van der Waals surface area contributed by atoms with Crippen LogP contribution in [0, 0.1) is 0 Å². The number of hydrogen-bond acceptors (Lipinski definition) is 2. The van der Waals surface area contributed by atoms with Crippen molar-refractivity contribution < 1.29 is 0 Å². The van der Waals surface area contributed by atoms with E-state index in [1.165, 1.54) is 16.8 Å². The van der Waals surface area contributed by atoms with Crippen LogP contribution < -0.4 is 5.32 Å². The van der Waals surface area contributed by atoms with Gasteiger partial charge in [0.15, 0.2) is 0 Å². The molecule has 0 spiro atoms. The molecule has 18 heavy (non-hydrogen) atoms. The smallest absolute Gasteiger partial charge is 0.0945 e. The van der Waals surface area contributed by atoms with Crippen LogP contribution in [0.25, 0.3) is 0 Å². The van der Waals surface area contributed by atoms with Crippen molar-refractivity contribution in [2.45, 2.75) is 32.9 Å².